The van der Waals surface area contributed by atoms with E-state index in [1.54, 1.807) is 36.2 Å². The number of anilines is 1. The number of benzene rings is 2. The lowest BCUT2D eigenvalue weighted by molar-refractivity contribution is -0.122. The Morgan fingerprint density at radius 2 is 2.04 bits per heavy atom. The van der Waals surface area contributed by atoms with Gasteiger partial charge in [-0.1, -0.05) is 24.3 Å². The van der Waals surface area contributed by atoms with Crippen LogP contribution in [0.25, 0.3) is 0 Å². The standard InChI is InChI=1S/C20H23N3O3/c1-13(12-21)23(2)20(25)15-7-5-8-16(10-15)22-19(24)18-11-14-6-3-4-9-17(14)26-18/h3-10,13,18H,11-12,21H2,1-2H3,(H,22,24). The molecular weight excluding hydrogens is 330 g/mol. The summed E-state index contributed by atoms with van der Waals surface area (Å²) in [6.07, 6.45) is -0.0242. The molecule has 0 saturated carbocycles. The fourth-order valence-corrected chi connectivity index (χ4v) is 2.84. The van der Waals surface area contributed by atoms with Gasteiger partial charge < -0.3 is 20.7 Å². The number of nitrogens with zero attached hydrogens (tertiary/aromatic N) is 1. The van der Waals surface area contributed by atoms with Crippen LogP contribution in [-0.2, 0) is 11.2 Å². The smallest absolute Gasteiger partial charge is 0.265 e. The van der Waals surface area contributed by atoms with E-state index in [1.807, 2.05) is 31.2 Å². The summed E-state index contributed by atoms with van der Waals surface area (Å²) < 4.78 is 5.70. The fourth-order valence-electron chi connectivity index (χ4n) is 2.84. The number of hydrogen-bond acceptors (Lipinski definition) is 4. The highest BCUT2D eigenvalue weighted by Gasteiger charge is 2.29. The Hall–Kier alpha value is -2.86. The van der Waals surface area contributed by atoms with Gasteiger partial charge >= 0.3 is 0 Å². The van der Waals surface area contributed by atoms with Gasteiger partial charge in [0.05, 0.1) is 0 Å². The quantitative estimate of drug-likeness (QED) is 0.862. The minimum Gasteiger partial charge on any atom is -0.480 e. The molecule has 2 aromatic rings. The van der Waals surface area contributed by atoms with E-state index in [0.29, 0.717) is 24.2 Å². The van der Waals surface area contributed by atoms with Gasteiger partial charge in [0, 0.05) is 37.3 Å². The number of nitrogens with two attached hydrogens (primary N) is 1. The van der Waals surface area contributed by atoms with Crippen molar-refractivity contribution in [1.82, 2.24) is 4.90 Å². The molecule has 0 radical (unpaired) electrons. The molecule has 2 amide bonds. The van der Waals surface area contributed by atoms with Crippen molar-refractivity contribution in [2.45, 2.75) is 25.5 Å². The minimum absolute atomic E-state index is 0.0638. The summed E-state index contributed by atoms with van der Waals surface area (Å²) in [4.78, 5) is 26.6. The molecule has 0 bridgehead atoms. The maximum Gasteiger partial charge on any atom is 0.265 e. The van der Waals surface area contributed by atoms with Crippen molar-refractivity contribution in [1.29, 1.82) is 0 Å². The Morgan fingerprint density at radius 3 is 2.77 bits per heavy atom. The van der Waals surface area contributed by atoms with Gasteiger partial charge in [-0.2, -0.15) is 0 Å². The van der Waals surface area contributed by atoms with Crippen LogP contribution in [0.4, 0.5) is 5.69 Å². The molecule has 2 aromatic carbocycles. The summed E-state index contributed by atoms with van der Waals surface area (Å²) in [6, 6.07) is 14.4. The second-order valence-electron chi connectivity index (χ2n) is 6.49. The van der Waals surface area contributed by atoms with Crippen molar-refractivity contribution in [2.75, 3.05) is 18.9 Å². The maximum absolute atomic E-state index is 12.5. The van der Waals surface area contributed by atoms with Gasteiger partial charge in [0.1, 0.15) is 5.75 Å². The molecule has 0 saturated heterocycles. The summed E-state index contributed by atoms with van der Waals surface area (Å²) in [5.41, 5.74) is 7.71. The molecule has 6 nitrogen and oxygen atoms in total. The summed E-state index contributed by atoms with van der Waals surface area (Å²) in [7, 11) is 1.72. The molecule has 3 rings (SSSR count). The van der Waals surface area contributed by atoms with Crippen molar-refractivity contribution < 1.29 is 14.3 Å². The predicted molar refractivity (Wildman–Crippen MR) is 100 cm³/mol. The maximum atomic E-state index is 12.5. The summed E-state index contributed by atoms with van der Waals surface area (Å²) in [5, 5.41) is 2.84. The number of nitrogens with one attached hydrogen (secondary N) is 1. The van der Waals surface area contributed by atoms with Crippen LogP contribution in [0.1, 0.15) is 22.8 Å². The van der Waals surface area contributed by atoms with Crippen molar-refractivity contribution >= 4 is 17.5 Å². The summed E-state index contributed by atoms with van der Waals surface area (Å²) in [5.74, 6) is 0.382. The normalized spacial score (nSPS) is 16.3. The second-order valence-corrected chi connectivity index (χ2v) is 6.49. The lowest BCUT2D eigenvalue weighted by atomic mass is 10.1. The topological polar surface area (TPSA) is 84.7 Å². The number of amides is 2. The molecule has 1 aliphatic rings. The Labute approximate surface area is 152 Å². The van der Waals surface area contributed by atoms with Gasteiger partial charge in [-0.3, -0.25) is 9.59 Å². The Morgan fingerprint density at radius 1 is 1.27 bits per heavy atom. The largest absolute Gasteiger partial charge is 0.480 e. The molecule has 6 heteroatoms. The monoisotopic (exact) mass is 353 g/mol. The number of hydrogen-bond donors (Lipinski definition) is 2. The van der Waals surface area contributed by atoms with Crippen molar-refractivity contribution in [3.63, 3.8) is 0 Å². The number of carbonyl (C=O) groups excluding carboxylic acids is 2. The highest BCUT2D eigenvalue weighted by molar-refractivity contribution is 5.98. The van der Waals surface area contributed by atoms with Crippen molar-refractivity contribution in [3.05, 3.63) is 59.7 Å². The third-order valence-corrected chi connectivity index (χ3v) is 4.64. The highest BCUT2D eigenvalue weighted by atomic mass is 16.5. The average molecular weight is 353 g/mol. The third-order valence-electron chi connectivity index (χ3n) is 4.64. The van der Waals surface area contributed by atoms with Crippen molar-refractivity contribution in [2.24, 2.45) is 5.73 Å². The van der Waals surface area contributed by atoms with E-state index >= 15 is 0 Å². The molecule has 2 unspecified atom stereocenters. The average Bonchev–Trinajstić information content (AvgIpc) is 3.10. The van der Waals surface area contributed by atoms with Crippen LogP contribution >= 0.6 is 0 Å². The lowest BCUT2D eigenvalue weighted by Crippen LogP contribution is -2.39. The van der Waals surface area contributed by atoms with Crippen LogP contribution in [0.5, 0.6) is 5.75 Å². The highest BCUT2D eigenvalue weighted by Crippen LogP contribution is 2.28. The Balaban J connectivity index is 1.68. The van der Waals surface area contributed by atoms with Crippen LogP contribution in [-0.4, -0.2) is 42.5 Å². The number of fused-ring (bicyclic) bond motifs is 1. The minimum atomic E-state index is -0.563. The first kappa shape index (κ1) is 17.9. The zero-order valence-corrected chi connectivity index (χ0v) is 14.9. The molecule has 0 aliphatic carbocycles. The van der Waals surface area contributed by atoms with Crippen LogP contribution in [0.2, 0.25) is 0 Å². The molecule has 0 aromatic heterocycles. The Kier molecular flexibility index (Phi) is 5.23. The summed E-state index contributed by atoms with van der Waals surface area (Å²) >= 11 is 0. The van der Waals surface area contributed by atoms with Gasteiger partial charge in [0.25, 0.3) is 11.8 Å². The van der Waals surface area contributed by atoms with E-state index in [1.165, 1.54) is 0 Å². The number of rotatable bonds is 5. The van der Waals surface area contributed by atoms with Gasteiger partial charge in [-0.25, -0.2) is 0 Å². The molecule has 26 heavy (non-hydrogen) atoms. The molecule has 0 spiro atoms. The molecule has 3 N–H and O–H groups in total. The van der Waals surface area contributed by atoms with Gasteiger partial charge in [-0.05, 0) is 36.8 Å². The zero-order chi connectivity index (χ0) is 18.7. The first-order valence-corrected chi connectivity index (χ1v) is 8.62. The molecular formula is C20H23N3O3. The van der Waals surface area contributed by atoms with E-state index in [0.717, 1.165) is 11.3 Å². The van der Waals surface area contributed by atoms with Gasteiger partial charge in [0.15, 0.2) is 6.10 Å². The van der Waals surface area contributed by atoms with Gasteiger partial charge in [-0.15, -0.1) is 0 Å². The van der Waals surface area contributed by atoms with Crippen LogP contribution in [0.15, 0.2) is 48.5 Å². The first-order chi connectivity index (χ1) is 12.5. The lowest BCUT2D eigenvalue weighted by Gasteiger charge is -2.24. The van der Waals surface area contributed by atoms with E-state index in [9.17, 15) is 9.59 Å². The number of carbonyl (C=O) groups is 2. The van der Waals surface area contributed by atoms with Crippen molar-refractivity contribution in [3.8, 4) is 5.75 Å². The third kappa shape index (κ3) is 3.70. The molecule has 2 atom stereocenters. The molecule has 136 valence electrons. The van der Waals surface area contributed by atoms with Crippen LogP contribution in [0.3, 0.4) is 0 Å². The van der Waals surface area contributed by atoms with Crippen LogP contribution in [0, 0.1) is 0 Å². The van der Waals surface area contributed by atoms with E-state index in [4.69, 9.17) is 10.5 Å². The SMILES string of the molecule is CC(CN)N(C)C(=O)c1cccc(NC(=O)C2Cc3ccccc3O2)c1. The fraction of sp³-hybridized carbons (Fsp3) is 0.300. The molecule has 1 aliphatic heterocycles. The number of likely N-dealkylation sites (N-methyl/N-ethyl adjacent to an activating group) is 1. The number of ether oxygens (including phenoxy) is 1. The summed E-state index contributed by atoms with van der Waals surface area (Å²) in [6.45, 7) is 2.27. The molecule has 0 fully saturated rings. The van der Waals surface area contributed by atoms with Gasteiger partial charge in [0.2, 0.25) is 0 Å². The predicted octanol–water partition coefficient (Wildman–Crippen LogP) is 2.05. The Bertz CT molecular complexity index is 796. The van der Waals surface area contributed by atoms with E-state index in [-0.39, 0.29) is 17.9 Å². The zero-order valence-electron chi connectivity index (χ0n) is 14.9. The first-order valence-electron chi connectivity index (χ1n) is 8.62. The second kappa shape index (κ2) is 7.58. The van der Waals surface area contributed by atoms with E-state index < -0.39 is 6.10 Å². The van der Waals surface area contributed by atoms with E-state index in [2.05, 4.69) is 5.32 Å². The van der Waals surface area contributed by atoms with Crippen LogP contribution < -0.4 is 15.8 Å². The number of para-hydroxylation sites is 1. The molecule has 1 heterocycles.